The highest BCUT2D eigenvalue weighted by Crippen LogP contribution is 2.07. The maximum absolute atomic E-state index is 11.9. The van der Waals surface area contributed by atoms with Gasteiger partial charge in [-0.15, -0.1) is 0 Å². The number of alkyl carbamates (subject to hydrolysis) is 1. The van der Waals surface area contributed by atoms with Gasteiger partial charge in [0, 0.05) is 0 Å². The van der Waals surface area contributed by atoms with Crippen LogP contribution in [-0.4, -0.2) is 24.2 Å². The summed E-state index contributed by atoms with van der Waals surface area (Å²) in [5, 5.41) is 11.1. The number of hydrogen-bond acceptors (Lipinski definition) is 5. The minimum Gasteiger partial charge on any atom is -0.446 e. The smallest absolute Gasteiger partial charge is 0.408 e. The van der Waals surface area contributed by atoms with Gasteiger partial charge in [-0.1, -0.05) is 44.2 Å². The van der Waals surface area contributed by atoms with E-state index in [0.29, 0.717) is 0 Å². The SMILES string of the molecule is CC(C)[C@H](NC(=O)OCc1ccccc1)C(=O)O[C@H](C)C#N. The number of rotatable bonds is 6. The van der Waals surface area contributed by atoms with Gasteiger partial charge in [0.15, 0.2) is 6.10 Å². The van der Waals surface area contributed by atoms with Gasteiger partial charge in [-0.2, -0.15) is 5.26 Å². The summed E-state index contributed by atoms with van der Waals surface area (Å²) in [5.41, 5.74) is 0.847. The second-order valence-electron chi connectivity index (χ2n) is 5.14. The Kier molecular flexibility index (Phi) is 6.90. The lowest BCUT2D eigenvalue weighted by Gasteiger charge is -2.21. The third-order valence-corrected chi connectivity index (χ3v) is 2.88. The minimum absolute atomic E-state index is 0.112. The lowest BCUT2D eigenvalue weighted by atomic mass is 10.1. The van der Waals surface area contributed by atoms with Gasteiger partial charge < -0.3 is 14.8 Å². The van der Waals surface area contributed by atoms with Gasteiger partial charge in [0.1, 0.15) is 18.7 Å². The maximum Gasteiger partial charge on any atom is 0.408 e. The van der Waals surface area contributed by atoms with E-state index in [9.17, 15) is 9.59 Å². The van der Waals surface area contributed by atoms with E-state index in [1.165, 1.54) is 6.92 Å². The second-order valence-corrected chi connectivity index (χ2v) is 5.14. The Morgan fingerprint density at radius 2 is 1.86 bits per heavy atom. The monoisotopic (exact) mass is 304 g/mol. The van der Waals surface area contributed by atoms with E-state index in [0.717, 1.165) is 5.56 Å². The fraction of sp³-hybridized carbons (Fsp3) is 0.438. The molecule has 6 nitrogen and oxygen atoms in total. The van der Waals surface area contributed by atoms with Crippen molar-refractivity contribution >= 4 is 12.1 Å². The Labute approximate surface area is 130 Å². The molecule has 0 aliphatic carbocycles. The predicted octanol–water partition coefficient (Wildman–Crippen LogP) is 2.39. The zero-order chi connectivity index (χ0) is 16.5. The van der Waals surface area contributed by atoms with Crippen molar-refractivity contribution in [3.05, 3.63) is 35.9 Å². The molecule has 0 heterocycles. The number of amides is 1. The summed E-state index contributed by atoms with van der Waals surface area (Å²) >= 11 is 0. The number of carbonyl (C=O) groups is 2. The lowest BCUT2D eigenvalue weighted by molar-refractivity contribution is -0.149. The number of nitriles is 1. The molecule has 1 N–H and O–H groups in total. The van der Waals surface area contributed by atoms with Gasteiger partial charge in [0.05, 0.1) is 0 Å². The van der Waals surface area contributed by atoms with Crippen LogP contribution in [0.2, 0.25) is 0 Å². The topological polar surface area (TPSA) is 88.4 Å². The van der Waals surface area contributed by atoms with E-state index >= 15 is 0 Å². The molecule has 1 aromatic rings. The molecule has 1 aromatic carbocycles. The molecule has 0 saturated carbocycles. The average molecular weight is 304 g/mol. The molecule has 0 saturated heterocycles. The number of ether oxygens (including phenoxy) is 2. The van der Waals surface area contributed by atoms with E-state index in [2.05, 4.69) is 5.32 Å². The summed E-state index contributed by atoms with van der Waals surface area (Å²) in [6, 6.07) is 10.1. The Morgan fingerprint density at radius 1 is 1.23 bits per heavy atom. The molecule has 0 aliphatic rings. The van der Waals surface area contributed by atoms with Crippen LogP contribution >= 0.6 is 0 Å². The van der Waals surface area contributed by atoms with Crippen LogP contribution < -0.4 is 5.32 Å². The van der Waals surface area contributed by atoms with E-state index in [-0.39, 0.29) is 12.5 Å². The number of nitrogens with one attached hydrogen (secondary N) is 1. The normalized spacial score (nSPS) is 12.9. The van der Waals surface area contributed by atoms with Crippen molar-refractivity contribution in [3.8, 4) is 6.07 Å². The van der Waals surface area contributed by atoms with Crippen LogP contribution in [-0.2, 0) is 20.9 Å². The molecule has 1 amide bonds. The van der Waals surface area contributed by atoms with Crippen molar-refractivity contribution in [1.82, 2.24) is 5.32 Å². The van der Waals surface area contributed by atoms with Gasteiger partial charge in [-0.3, -0.25) is 0 Å². The molecule has 1 rings (SSSR count). The fourth-order valence-corrected chi connectivity index (χ4v) is 1.66. The van der Waals surface area contributed by atoms with Crippen molar-refractivity contribution in [2.45, 2.75) is 39.5 Å². The molecule has 22 heavy (non-hydrogen) atoms. The van der Waals surface area contributed by atoms with E-state index in [4.69, 9.17) is 14.7 Å². The molecule has 2 atom stereocenters. The molecular weight excluding hydrogens is 284 g/mol. The Bertz CT molecular complexity index is 537. The quantitative estimate of drug-likeness (QED) is 0.815. The Hall–Kier alpha value is -2.55. The summed E-state index contributed by atoms with van der Waals surface area (Å²) in [6.07, 6.45) is -1.57. The van der Waals surface area contributed by atoms with Gasteiger partial charge in [0.25, 0.3) is 0 Å². The summed E-state index contributed by atoms with van der Waals surface area (Å²) in [7, 11) is 0. The Balaban J connectivity index is 2.54. The first kappa shape index (κ1) is 17.5. The first-order chi connectivity index (χ1) is 10.4. The van der Waals surface area contributed by atoms with Crippen LogP contribution in [0.1, 0.15) is 26.3 Å². The van der Waals surface area contributed by atoms with Crippen molar-refractivity contribution in [3.63, 3.8) is 0 Å². The fourth-order valence-electron chi connectivity index (χ4n) is 1.66. The largest absolute Gasteiger partial charge is 0.446 e. The first-order valence-corrected chi connectivity index (χ1v) is 7.01. The zero-order valence-corrected chi connectivity index (χ0v) is 12.9. The molecule has 118 valence electrons. The average Bonchev–Trinajstić information content (AvgIpc) is 2.51. The van der Waals surface area contributed by atoms with E-state index in [1.807, 2.05) is 30.3 Å². The minimum atomic E-state index is -0.865. The molecule has 0 aromatic heterocycles. The third-order valence-electron chi connectivity index (χ3n) is 2.88. The molecule has 6 heteroatoms. The maximum atomic E-state index is 11.9. The van der Waals surface area contributed by atoms with Crippen molar-refractivity contribution < 1.29 is 19.1 Å². The summed E-state index contributed by atoms with van der Waals surface area (Å²) in [4.78, 5) is 23.7. The summed E-state index contributed by atoms with van der Waals surface area (Å²) < 4.78 is 9.98. The van der Waals surface area contributed by atoms with Gasteiger partial charge in [0.2, 0.25) is 0 Å². The van der Waals surface area contributed by atoms with Crippen LogP contribution in [0.3, 0.4) is 0 Å². The molecule has 0 fully saturated rings. The predicted molar refractivity (Wildman–Crippen MR) is 79.6 cm³/mol. The van der Waals surface area contributed by atoms with E-state index < -0.39 is 24.2 Å². The van der Waals surface area contributed by atoms with Crippen molar-refractivity contribution in [1.29, 1.82) is 5.26 Å². The van der Waals surface area contributed by atoms with Crippen LogP contribution in [0.4, 0.5) is 4.79 Å². The Morgan fingerprint density at radius 3 is 2.41 bits per heavy atom. The van der Waals surface area contributed by atoms with Gasteiger partial charge in [-0.05, 0) is 18.4 Å². The van der Waals surface area contributed by atoms with E-state index in [1.54, 1.807) is 19.9 Å². The highest BCUT2D eigenvalue weighted by Gasteiger charge is 2.27. The third kappa shape index (κ3) is 5.83. The summed E-state index contributed by atoms with van der Waals surface area (Å²) in [6.45, 7) is 5.10. The van der Waals surface area contributed by atoms with Gasteiger partial charge in [-0.25, -0.2) is 9.59 Å². The second kappa shape index (κ2) is 8.67. The van der Waals surface area contributed by atoms with Crippen LogP contribution in [0.5, 0.6) is 0 Å². The molecule has 0 bridgehead atoms. The molecule has 0 radical (unpaired) electrons. The number of nitrogens with zero attached hydrogens (tertiary/aromatic N) is 1. The molecule has 0 unspecified atom stereocenters. The number of benzene rings is 1. The molecular formula is C16H20N2O4. The van der Waals surface area contributed by atoms with Crippen LogP contribution in [0.25, 0.3) is 0 Å². The first-order valence-electron chi connectivity index (χ1n) is 7.01. The zero-order valence-electron chi connectivity index (χ0n) is 12.9. The summed E-state index contributed by atoms with van der Waals surface area (Å²) in [5.74, 6) is -0.844. The number of carbonyl (C=O) groups excluding carboxylic acids is 2. The lowest BCUT2D eigenvalue weighted by Crippen LogP contribution is -2.46. The van der Waals surface area contributed by atoms with Gasteiger partial charge >= 0.3 is 12.1 Å². The molecule has 0 spiro atoms. The van der Waals surface area contributed by atoms with Crippen LogP contribution in [0.15, 0.2) is 30.3 Å². The molecule has 0 aliphatic heterocycles. The van der Waals surface area contributed by atoms with Crippen LogP contribution in [0, 0.1) is 17.2 Å². The standard InChI is InChI=1S/C16H20N2O4/c1-11(2)14(15(19)22-12(3)9-17)18-16(20)21-10-13-7-5-4-6-8-13/h4-8,11-12,14H,10H2,1-3H3,(H,18,20)/t12-,14+/m1/s1. The van der Waals surface area contributed by atoms with Crippen molar-refractivity contribution in [2.75, 3.05) is 0 Å². The van der Waals surface area contributed by atoms with Crippen molar-refractivity contribution in [2.24, 2.45) is 5.92 Å². The highest BCUT2D eigenvalue weighted by atomic mass is 16.6. The number of hydrogen-bond donors (Lipinski definition) is 1. The number of esters is 1. The highest BCUT2D eigenvalue weighted by molar-refractivity contribution is 5.81.